The lowest BCUT2D eigenvalue weighted by Crippen LogP contribution is -2.25. The summed E-state index contributed by atoms with van der Waals surface area (Å²) in [6, 6.07) is 25.9. The molecule has 0 aliphatic carbocycles. The van der Waals surface area contributed by atoms with E-state index in [0.29, 0.717) is 23.4 Å². The van der Waals surface area contributed by atoms with Gasteiger partial charge in [0.05, 0.1) is 0 Å². The molecule has 0 aliphatic rings. The molecule has 3 rings (SSSR count). The zero-order valence-electron chi connectivity index (χ0n) is 14.3. The third-order valence-corrected chi connectivity index (χ3v) is 3.98. The van der Waals surface area contributed by atoms with Gasteiger partial charge < -0.3 is 10.6 Å². The van der Waals surface area contributed by atoms with Gasteiger partial charge in [0.25, 0.3) is 11.8 Å². The van der Waals surface area contributed by atoms with E-state index >= 15 is 0 Å². The molecule has 0 fully saturated rings. The summed E-state index contributed by atoms with van der Waals surface area (Å²) in [6.45, 7) is 0.579. The number of anilines is 1. The van der Waals surface area contributed by atoms with Gasteiger partial charge in [0, 0.05) is 23.4 Å². The molecule has 0 heterocycles. The highest BCUT2D eigenvalue weighted by Crippen LogP contribution is 2.11. The molecule has 0 aromatic heterocycles. The summed E-state index contributed by atoms with van der Waals surface area (Å²) in [4.78, 5) is 24.3. The molecule has 4 heteroatoms. The topological polar surface area (TPSA) is 58.2 Å². The van der Waals surface area contributed by atoms with E-state index in [9.17, 15) is 9.59 Å². The number of carbonyl (C=O) groups excluding carboxylic acids is 2. The van der Waals surface area contributed by atoms with Crippen molar-refractivity contribution in [2.75, 3.05) is 11.9 Å². The molecule has 2 N–H and O–H groups in total. The van der Waals surface area contributed by atoms with Crippen molar-refractivity contribution in [2.24, 2.45) is 0 Å². The third kappa shape index (κ3) is 4.80. The molecule has 3 aromatic rings. The smallest absolute Gasteiger partial charge is 0.255 e. The van der Waals surface area contributed by atoms with Gasteiger partial charge in [-0.15, -0.1) is 0 Å². The molecule has 0 bridgehead atoms. The Labute approximate surface area is 152 Å². The van der Waals surface area contributed by atoms with Gasteiger partial charge in [-0.3, -0.25) is 9.59 Å². The van der Waals surface area contributed by atoms with Crippen LogP contribution in [0.1, 0.15) is 26.3 Å². The molecular weight excluding hydrogens is 324 g/mol. The Kier molecular flexibility index (Phi) is 5.78. The van der Waals surface area contributed by atoms with Gasteiger partial charge in [-0.2, -0.15) is 0 Å². The Hall–Kier alpha value is -3.40. The normalized spacial score (nSPS) is 10.2. The highest BCUT2D eigenvalue weighted by molar-refractivity contribution is 6.04. The number of amides is 2. The van der Waals surface area contributed by atoms with Crippen molar-refractivity contribution in [3.8, 4) is 0 Å². The monoisotopic (exact) mass is 344 g/mol. The van der Waals surface area contributed by atoms with Crippen molar-refractivity contribution in [3.05, 3.63) is 102 Å². The van der Waals surface area contributed by atoms with Crippen LogP contribution in [0.15, 0.2) is 84.9 Å². The Morgan fingerprint density at radius 2 is 1.23 bits per heavy atom. The van der Waals surface area contributed by atoms with Gasteiger partial charge in [-0.25, -0.2) is 0 Å². The molecule has 0 aliphatic heterocycles. The van der Waals surface area contributed by atoms with Crippen LogP contribution in [0.2, 0.25) is 0 Å². The van der Waals surface area contributed by atoms with E-state index < -0.39 is 0 Å². The molecule has 2 amide bonds. The maximum absolute atomic E-state index is 12.2. The minimum absolute atomic E-state index is 0.123. The maximum Gasteiger partial charge on any atom is 0.255 e. The molecule has 130 valence electrons. The molecule has 0 saturated heterocycles. The summed E-state index contributed by atoms with van der Waals surface area (Å²) < 4.78 is 0. The molecular formula is C22H20N2O2. The molecule has 3 aromatic carbocycles. The molecule has 0 atom stereocenters. The van der Waals surface area contributed by atoms with E-state index in [1.54, 1.807) is 36.4 Å². The Morgan fingerprint density at radius 1 is 0.654 bits per heavy atom. The summed E-state index contributed by atoms with van der Waals surface area (Å²) in [7, 11) is 0. The summed E-state index contributed by atoms with van der Waals surface area (Å²) in [5.41, 5.74) is 3.00. The molecule has 0 radical (unpaired) electrons. The van der Waals surface area contributed by atoms with Crippen molar-refractivity contribution in [3.63, 3.8) is 0 Å². The van der Waals surface area contributed by atoms with Gasteiger partial charge in [-0.05, 0) is 48.4 Å². The predicted molar refractivity (Wildman–Crippen MR) is 103 cm³/mol. The van der Waals surface area contributed by atoms with E-state index in [4.69, 9.17) is 0 Å². The zero-order chi connectivity index (χ0) is 18.2. The Morgan fingerprint density at radius 3 is 1.88 bits per heavy atom. The molecule has 26 heavy (non-hydrogen) atoms. The Balaban J connectivity index is 1.52. The van der Waals surface area contributed by atoms with E-state index in [1.807, 2.05) is 48.5 Å². The van der Waals surface area contributed by atoms with Crippen LogP contribution in [0, 0.1) is 0 Å². The van der Waals surface area contributed by atoms with E-state index in [1.165, 1.54) is 5.56 Å². The lowest BCUT2D eigenvalue weighted by molar-refractivity contribution is 0.0953. The van der Waals surface area contributed by atoms with Gasteiger partial charge in [0.2, 0.25) is 0 Å². The first kappa shape index (κ1) is 17.4. The van der Waals surface area contributed by atoms with Crippen LogP contribution >= 0.6 is 0 Å². The van der Waals surface area contributed by atoms with Crippen LogP contribution in [0.4, 0.5) is 5.69 Å². The number of hydrogen-bond donors (Lipinski definition) is 2. The number of carbonyl (C=O) groups is 2. The number of rotatable bonds is 6. The minimum Gasteiger partial charge on any atom is -0.352 e. The van der Waals surface area contributed by atoms with Crippen molar-refractivity contribution < 1.29 is 9.59 Å². The first-order chi connectivity index (χ1) is 12.7. The standard InChI is InChI=1S/C22H20N2O2/c25-21(23-16-15-17-7-3-1-4-8-17)19-11-13-20(14-12-19)24-22(26)18-9-5-2-6-10-18/h1-14H,15-16H2,(H,23,25)(H,24,26). The van der Waals surface area contributed by atoms with E-state index in [2.05, 4.69) is 10.6 Å². The summed E-state index contributed by atoms with van der Waals surface area (Å²) in [6.07, 6.45) is 0.789. The van der Waals surface area contributed by atoms with Crippen LogP contribution < -0.4 is 10.6 Å². The van der Waals surface area contributed by atoms with Crippen molar-refractivity contribution in [2.45, 2.75) is 6.42 Å². The number of benzene rings is 3. The summed E-state index contributed by atoms with van der Waals surface area (Å²) >= 11 is 0. The predicted octanol–water partition coefficient (Wildman–Crippen LogP) is 3.91. The van der Waals surface area contributed by atoms with E-state index in [-0.39, 0.29) is 11.8 Å². The van der Waals surface area contributed by atoms with Gasteiger partial charge >= 0.3 is 0 Å². The first-order valence-electron chi connectivity index (χ1n) is 8.51. The molecule has 0 unspecified atom stereocenters. The van der Waals surface area contributed by atoms with Crippen molar-refractivity contribution in [1.29, 1.82) is 0 Å². The fraction of sp³-hybridized carbons (Fsp3) is 0.0909. The largest absolute Gasteiger partial charge is 0.352 e. The molecule has 0 saturated carbocycles. The van der Waals surface area contributed by atoms with E-state index in [0.717, 1.165) is 6.42 Å². The third-order valence-electron chi connectivity index (χ3n) is 3.98. The highest BCUT2D eigenvalue weighted by atomic mass is 16.2. The average Bonchev–Trinajstić information content (AvgIpc) is 2.70. The van der Waals surface area contributed by atoms with Crippen LogP contribution in [0.5, 0.6) is 0 Å². The van der Waals surface area contributed by atoms with Gasteiger partial charge in [-0.1, -0.05) is 48.5 Å². The van der Waals surface area contributed by atoms with Crippen molar-refractivity contribution >= 4 is 17.5 Å². The van der Waals surface area contributed by atoms with Crippen LogP contribution in [-0.2, 0) is 6.42 Å². The summed E-state index contributed by atoms with van der Waals surface area (Å²) in [5.74, 6) is -0.299. The average molecular weight is 344 g/mol. The fourth-order valence-electron chi connectivity index (χ4n) is 2.56. The quantitative estimate of drug-likeness (QED) is 0.712. The van der Waals surface area contributed by atoms with Gasteiger partial charge in [0.15, 0.2) is 0 Å². The first-order valence-corrected chi connectivity index (χ1v) is 8.51. The maximum atomic E-state index is 12.2. The SMILES string of the molecule is O=C(NCCc1ccccc1)c1ccc(NC(=O)c2ccccc2)cc1. The number of nitrogens with one attached hydrogen (secondary N) is 2. The molecule has 0 spiro atoms. The van der Waals surface area contributed by atoms with Crippen molar-refractivity contribution in [1.82, 2.24) is 5.32 Å². The molecule has 4 nitrogen and oxygen atoms in total. The second-order valence-electron chi connectivity index (χ2n) is 5.89. The zero-order valence-corrected chi connectivity index (χ0v) is 14.3. The van der Waals surface area contributed by atoms with Crippen LogP contribution in [-0.4, -0.2) is 18.4 Å². The lowest BCUT2D eigenvalue weighted by atomic mass is 10.1. The lowest BCUT2D eigenvalue weighted by Gasteiger charge is -2.08. The second kappa shape index (κ2) is 8.62. The number of hydrogen-bond acceptors (Lipinski definition) is 2. The van der Waals surface area contributed by atoms with Crippen LogP contribution in [0.3, 0.4) is 0 Å². The minimum atomic E-state index is -0.175. The van der Waals surface area contributed by atoms with Crippen LogP contribution in [0.25, 0.3) is 0 Å². The highest BCUT2D eigenvalue weighted by Gasteiger charge is 2.07. The second-order valence-corrected chi connectivity index (χ2v) is 5.89. The summed E-state index contributed by atoms with van der Waals surface area (Å²) in [5, 5.41) is 5.73. The van der Waals surface area contributed by atoms with Gasteiger partial charge in [0.1, 0.15) is 0 Å². The fourth-order valence-corrected chi connectivity index (χ4v) is 2.56. The Bertz CT molecular complexity index is 860.